The van der Waals surface area contributed by atoms with E-state index in [4.69, 9.17) is 14.7 Å². The maximum Gasteiger partial charge on any atom is 0.129 e. The molecule has 2 heterocycles. The molecule has 3 rings (SSSR count). The van der Waals surface area contributed by atoms with Crippen molar-refractivity contribution >= 4 is 5.82 Å². The molecule has 0 atom stereocenters. The summed E-state index contributed by atoms with van der Waals surface area (Å²) in [6, 6.07) is 12.4. The van der Waals surface area contributed by atoms with Crippen LogP contribution in [0.3, 0.4) is 0 Å². The monoisotopic (exact) mass is 408 g/mol. The van der Waals surface area contributed by atoms with Crippen molar-refractivity contribution in [1.29, 1.82) is 5.26 Å². The number of anilines is 1. The number of ether oxygens (including phenoxy) is 2. The molecule has 1 saturated heterocycles. The predicted molar refractivity (Wildman–Crippen MR) is 119 cm³/mol. The smallest absolute Gasteiger partial charge is 0.129 e. The van der Waals surface area contributed by atoms with Crippen LogP contribution in [-0.2, 0) is 6.54 Å². The number of benzene rings is 1. The minimum absolute atomic E-state index is 0.0906. The van der Waals surface area contributed by atoms with E-state index >= 15 is 0 Å². The summed E-state index contributed by atoms with van der Waals surface area (Å²) in [5.74, 6) is 2.52. The second kappa shape index (κ2) is 10.3. The summed E-state index contributed by atoms with van der Waals surface area (Å²) in [6.07, 6.45) is 3.94. The normalized spacial score (nSPS) is 14.6. The van der Waals surface area contributed by atoms with Crippen molar-refractivity contribution in [3.8, 4) is 17.6 Å². The van der Waals surface area contributed by atoms with Gasteiger partial charge in [-0.15, -0.1) is 0 Å². The second-order valence-electron chi connectivity index (χ2n) is 8.27. The highest BCUT2D eigenvalue weighted by atomic mass is 16.5. The molecule has 0 spiro atoms. The summed E-state index contributed by atoms with van der Waals surface area (Å²) in [5, 5.41) is 12.6. The minimum atomic E-state index is 0.0906. The van der Waals surface area contributed by atoms with Crippen molar-refractivity contribution in [3.63, 3.8) is 0 Å². The van der Waals surface area contributed by atoms with Gasteiger partial charge in [0.1, 0.15) is 23.4 Å². The van der Waals surface area contributed by atoms with Crippen LogP contribution < -0.4 is 19.7 Å². The van der Waals surface area contributed by atoms with E-state index in [1.54, 1.807) is 6.20 Å². The number of nitrogens with one attached hydrogen (secondary N) is 1. The zero-order valence-electron chi connectivity index (χ0n) is 18.4. The van der Waals surface area contributed by atoms with Crippen LogP contribution >= 0.6 is 0 Å². The molecule has 0 saturated carbocycles. The van der Waals surface area contributed by atoms with Gasteiger partial charge in [-0.2, -0.15) is 5.26 Å². The molecule has 0 unspecified atom stereocenters. The Balaban J connectivity index is 1.92. The summed E-state index contributed by atoms with van der Waals surface area (Å²) in [5.41, 5.74) is 1.69. The molecule has 0 amide bonds. The maximum absolute atomic E-state index is 9.12. The molecule has 1 aromatic heterocycles. The first-order valence-corrected chi connectivity index (χ1v) is 10.8. The van der Waals surface area contributed by atoms with E-state index in [2.05, 4.69) is 33.4 Å². The zero-order chi connectivity index (χ0) is 21.5. The number of nitrogens with zero attached hydrogens (tertiary/aromatic N) is 3. The third kappa shape index (κ3) is 6.11. The largest absolute Gasteiger partial charge is 0.491 e. The number of hydrogen-bond donors (Lipinski definition) is 1. The Hall–Kier alpha value is -2.78. The van der Waals surface area contributed by atoms with Crippen LogP contribution in [0.5, 0.6) is 11.5 Å². The van der Waals surface area contributed by atoms with Crippen LogP contribution in [0.15, 0.2) is 36.5 Å². The van der Waals surface area contributed by atoms with Crippen molar-refractivity contribution in [2.24, 2.45) is 0 Å². The molecule has 6 heteroatoms. The summed E-state index contributed by atoms with van der Waals surface area (Å²) in [7, 11) is 0. The van der Waals surface area contributed by atoms with Crippen molar-refractivity contribution in [3.05, 3.63) is 47.7 Å². The number of hydrogen-bond acceptors (Lipinski definition) is 6. The first-order valence-electron chi connectivity index (χ1n) is 10.8. The number of rotatable bonds is 8. The van der Waals surface area contributed by atoms with Crippen LogP contribution in [0, 0.1) is 11.3 Å². The van der Waals surface area contributed by atoms with Gasteiger partial charge in [0.25, 0.3) is 0 Å². The van der Waals surface area contributed by atoms with Gasteiger partial charge in [0.05, 0.1) is 17.8 Å². The standard InChI is InChI=1S/C24H32N4O2/c1-17(2)29-22-11-20(12-23(13-22)30-18(3)4)16-28(21-7-9-26-10-8-21)24-6-5-19(14-25)15-27-24/h5-6,11-13,15,17-18,21,26H,7-10,16H2,1-4H3. The Morgan fingerprint density at radius 1 is 1.07 bits per heavy atom. The van der Waals surface area contributed by atoms with Gasteiger partial charge in [0.2, 0.25) is 0 Å². The molecule has 0 radical (unpaired) electrons. The average molecular weight is 409 g/mol. The summed E-state index contributed by atoms with van der Waals surface area (Å²) in [4.78, 5) is 6.93. The first-order chi connectivity index (χ1) is 14.4. The van der Waals surface area contributed by atoms with Crippen LogP contribution in [0.4, 0.5) is 5.82 Å². The molecule has 1 fully saturated rings. The second-order valence-corrected chi connectivity index (χ2v) is 8.27. The SMILES string of the molecule is CC(C)Oc1cc(CN(c2ccc(C#N)cn2)C2CCNCC2)cc(OC(C)C)c1. The molecular weight excluding hydrogens is 376 g/mol. The van der Waals surface area contributed by atoms with Crippen LogP contribution in [0.1, 0.15) is 51.7 Å². The zero-order valence-corrected chi connectivity index (χ0v) is 18.4. The highest BCUT2D eigenvalue weighted by Gasteiger charge is 2.23. The van der Waals surface area contributed by atoms with Gasteiger partial charge in [0, 0.05) is 24.8 Å². The number of pyridine rings is 1. The van der Waals surface area contributed by atoms with E-state index in [9.17, 15) is 0 Å². The Bertz CT molecular complexity index is 824. The van der Waals surface area contributed by atoms with Gasteiger partial charge >= 0.3 is 0 Å². The molecular formula is C24H32N4O2. The molecule has 1 N–H and O–H groups in total. The van der Waals surface area contributed by atoms with E-state index in [0.717, 1.165) is 48.8 Å². The number of nitriles is 1. The molecule has 6 nitrogen and oxygen atoms in total. The summed E-state index contributed by atoms with van der Waals surface area (Å²) < 4.78 is 12.0. The number of aromatic nitrogens is 1. The van der Waals surface area contributed by atoms with Crippen molar-refractivity contribution in [2.45, 2.75) is 65.3 Å². The lowest BCUT2D eigenvalue weighted by atomic mass is 10.0. The Kier molecular flexibility index (Phi) is 7.53. The summed E-state index contributed by atoms with van der Waals surface area (Å²) in [6.45, 7) is 10.8. The first kappa shape index (κ1) is 21.9. The van der Waals surface area contributed by atoms with Crippen LogP contribution in [-0.4, -0.2) is 36.3 Å². The van der Waals surface area contributed by atoms with Gasteiger partial charge in [-0.3, -0.25) is 0 Å². The van der Waals surface area contributed by atoms with Gasteiger partial charge < -0.3 is 19.7 Å². The van der Waals surface area contributed by atoms with E-state index in [-0.39, 0.29) is 12.2 Å². The van der Waals surface area contributed by atoms with Crippen LogP contribution in [0.2, 0.25) is 0 Å². The van der Waals surface area contributed by atoms with Gasteiger partial charge in [-0.1, -0.05) is 0 Å². The Morgan fingerprint density at radius 2 is 1.70 bits per heavy atom. The molecule has 1 aliphatic rings. The van der Waals surface area contributed by atoms with Gasteiger partial charge in [-0.05, 0) is 83.5 Å². The lowest BCUT2D eigenvalue weighted by Crippen LogP contribution is -2.43. The molecule has 1 aromatic carbocycles. The van der Waals surface area contributed by atoms with Gasteiger partial charge in [-0.25, -0.2) is 4.98 Å². The molecule has 0 aliphatic carbocycles. The quantitative estimate of drug-likeness (QED) is 0.703. The average Bonchev–Trinajstić information content (AvgIpc) is 2.71. The fourth-order valence-corrected chi connectivity index (χ4v) is 3.74. The third-order valence-electron chi connectivity index (χ3n) is 4.96. The lowest BCUT2D eigenvalue weighted by molar-refractivity contribution is 0.228. The molecule has 0 bridgehead atoms. The topological polar surface area (TPSA) is 70.4 Å². The maximum atomic E-state index is 9.12. The highest BCUT2D eigenvalue weighted by molar-refractivity contribution is 5.46. The fraction of sp³-hybridized carbons (Fsp3) is 0.500. The van der Waals surface area contributed by atoms with E-state index in [1.165, 1.54) is 0 Å². The van der Waals surface area contributed by atoms with Crippen molar-refractivity contribution in [1.82, 2.24) is 10.3 Å². The van der Waals surface area contributed by atoms with Crippen molar-refractivity contribution in [2.75, 3.05) is 18.0 Å². The van der Waals surface area contributed by atoms with E-state index in [1.807, 2.05) is 45.9 Å². The summed E-state index contributed by atoms with van der Waals surface area (Å²) >= 11 is 0. The lowest BCUT2D eigenvalue weighted by Gasteiger charge is -2.36. The molecule has 160 valence electrons. The fourth-order valence-electron chi connectivity index (χ4n) is 3.74. The highest BCUT2D eigenvalue weighted by Crippen LogP contribution is 2.29. The molecule has 2 aromatic rings. The minimum Gasteiger partial charge on any atom is -0.491 e. The van der Waals surface area contributed by atoms with Crippen LogP contribution in [0.25, 0.3) is 0 Å². The van der Waals surface area contributed by atoms with Crippen molar-refractivity contribution < 1.29 is 9.47 Å². The number of piperidine rings is 1. The third-order valence-corrected chi connectivity index (χ3v) is 4.96. The Labute approximate surface area is 179 Å². The van der Waals surface area contributed by atoms with Gasteiger partial charge in [0.15, 0.2) is 0 Å². The predicted octanol–water partition coefficient (Wildman–Crippen LogP) is 4.29. The van der Waals surface area contributed by atoms with E-state index in [0.29, 0.717) is 18.2 Å². The Morgan fingerprint density at radius 3 is 2.20 bits per heavy atom. The molecule has 1 aliphatic heterocycles. The van der Waals surface area contributed by atoms with E-state index < -0.39 is 0 Å². The molecule has 30 heavy (non-hydrogen) atoms.